The van der Waals surface area contributed by atoms with E-state index in [1.807, 2.05) is 47.9 Å². The molecule has 4 aromatic rings. The van der Waals surface area contributed by atoms with Crippen LogP contribution in [0.15, 0.2) is 71.9 Å². The van der Waals surface area contributed by atoms with Crippen LogP contribution in [0, 0.1) is 0 Å². The van der Waals surface area contributed by atoms with E-state index in [0.29, 0.717) is 12.4 Å². The lowest BCUT2D eigenvalue weighted by molar-refractivity contribution is 0.340. The summed E-state index contributed by atoms with van der Waals surface area (Å²) in [6.45, 7) is 2.55. The molecular formula is C21H19N3O3S. The molecule has 0 aliphatic heterocycles. The quantitative estimate of drug-likeness (QED) is 0.515. The molecule has 7 heteroatoms. The topological polar surface area (TPSA) is 73.6 Å². The fraction of sp³-hybridized carbons (Fsp3) is 0.143. The minimum absolute atomic E-state index is 0.283. The molecule has 0 radical (unpaired) electrons. The maximum absolute atomic E-state index is 11.8. The highest BCUT2D eigenvalue weighted by Crippen LogP contribution is 2.33. The summed E-state index contributed by atoms with van der Waals surface area (Å²) in [6.07, 6.45) is 4.79. The van der Waals surface area contributed by atoms with Crippen molar-refractivity contribution in [1.29, 1.82) is 0 Å². The molecule has 2 aromatic carbocycles. The highest BCUT2D eigenvalue weighted by molar-refractivity contribution is 7.90. The number of imidazole rings is 1. The number of ether oxygens (including phenoxy) is 1. The predicted molar refractivity (Wildman–Crippen MR) is 108 cm³/mol. The van der Waals surface area contributed by atoms with Crippen LogP contribution in [0.4, 0.5) is 0 Å². The third kappa shape index (κ3) is 3.36. The smallest absolute Gasteiger partial charge is 0.234 e. The van der Waals surface area contributed by atoms with Gasteiger partial charge in [-0.05, 0) is 49.4 Å². The summed E-state index contributed by atoms with van der Waals surface area (Å²) in [7, 11) is -3.25. The maximum Gasteiger partial charge on any atom is 0.234 e. The summed E-state index contributed by atoms with van der Waals surface area (Å²) in [5.74, 6) is 1.38. The molecule has 0 N–H and O–H groups in total. The Labute approximate surface area is 163 Å². The summed E-state index contributed by atoms with van der Waals surface area (Å²) < 4.78 is 31.0. The van der Waals surface area contributed by atoms with Crippen LogP contribution in [0.3, 0.4) is 0 Å². The lowest BCUT2D eigenvalue weighted by atomic mass is 10.0. The minimum atomic E-state index is -3.25. The fourth-order valence-electron chi connectivity index (χ4n) is 3.10. The lowest BCUT2D eigenvalue weighted by Crippen LogP contribution is -1.97. The normalized spacial score (nSPS) is 11.6. The van der Waals surface area contributed by atoms with Gasteiger partial charge in [-0.15, -0.1) is 0 Å². The molecule has 0 aliphatic carbocycles. The molecule has 6 nitrogen and oxygen atoms in total. The first kappa shape index (κ1) is 18.2. The molecule has 0 saturated carbocycles. The lowest BCUT2D eigenvalue weighted by Gasteiger charge is -2.08. The van der Waals surface area contributed by atoms with Crippen LogP contribution in [0.2, 0.25) is 0 Å². The van der Waals surface area contributed by atoms with Crippen molar-refractivity contribution in [2.45, 2.75) is 11.8 Å². The second kappa shape index (κ2) is 7.09. The van der Waals surface area contributed by atoms with E-state index in [1.165, 1.54) is 6.26 Å². The SMILES string of the molecule is CCOc1ccc(-c2nc3ncccn3c2-c2ccc(S(C)(=O)=O)cc2)cc1. The van der Waals surface area contributed by atoms with Gasteiger partial charge in [0, 0.05) is 29.8 Å². The second-order valence-corrected chi connectivity index (χ2v) is 8.37. The zero-order valence-electron chi connectivity index (χ0n) is 15.5. The van der Waals surface area contributed by atoms with E-state index in [2.05, 4.69) is 4.98 Å². The van der Waals surface area contributed by atoms with Gasteiger partial charge >= 0.3 is 0 Å². The largest absolute Gasteiger partial charge is 0.494 e. The summed E-state index contributed by atoms with van der Waals surface area (Å²) >= 11 is 0. The second-order valence-electron chi connectivity index (χ2n) is 6.35. The zero-order chi connectivity index (χ0) is 19.7. The molecular weight excluding hydrogens is 374 g/mol. The monoisotopic (exact) mass is 393 g/mol. The van der Waals surface area contributed by atoms with Gasteiger partial charge in [-0.3, -0.25) is 4.40 Å². The number of hydrogen-bond acceptors (Lipinski definition) is 5. The molecule has 0 spiro atoms. The van der Waals surface area contributed by atoms with E-state index in [1.54, 1.807) is 30.5 Å². The number of aromatic nitrogens is 3. The molecule has 0 fully saturated rings. The van der Waals surface area contributed by atoms with Crippen LogP contribution in [0.1, 0.15) is 6.92 Å². The molecule has 28 heavy (non-hydrogen) atoms. The van der Waals surface area contributed by atoms with Gasteiger partial charge in [0.2, 0.25) is 5.78 Å². The van der Waals surface area contributed by atoms with Crippen molar-refractivity contribution in [3.63, 3.8) is 0 Å². The Morgan fingerprint density at radius 1 is 1.00 bits per heavy atom. The number of hydrogen-bond donors (Lipinski definition) is 0. The molecule has 2 heterocycles. The number of sulfone groups is 1. The van der Waals surface area contributed by atoms with Gasteiger partial charge in [-0.25, -0.2) is 18.4 Å². The van der Waals surface area contributed by atoms with Crippen molar-refractivity contribution in [2.75, 3.05) is 12.9 Å². The molecule has 0 amide bonds. The van der Waals surface area contributed by atoms with E-state index in [0.717, 1.165) is 28.3 Å². The zero-order valence-corrected chi connectivity index (χ0v) is 16.3. The Morgan fingerprint density at radius 3 is 2.32 bits per heavy atom. The highest BCUT2D eigenvalue weighted by Gasteiger charge is 2.17. The molecule has 2 aromatic heterocycles. The van der Waals surface area contributed by atoms with Crippen LogP contribution in [0.25, 0.3) is 28.3 Å². The Kier molecular flexibility index (Phi) is 4.60. The first-order chi connectivity index (χ1) is 13.5. The van der Waals surface area contributed by atoms with E-state index in [-0.39, 0.29) is 4.90 Å². The predicted octanol–water partition coefficient (Wildman–Crippen LogP) is 3.87. The van der Waals surface area contributed by atoms with Crippen LogP contribution in [-0.4, -0.2) is 35.6 Å². The van der Waals surface area contributed by atoms with Crippen molar-refractivity contribution in [3.8, 4) is 28.3 Å². The summed E-state index contributed by atoms with van der Waals surface area (Å²) in [6, 6.07) is 16.4. The van der Waals surface area contributed by atoms with Crippen LogP contribution >= 0.6 is 0 Å². The van der Waals surface area contributed by atoms with E-state index in [9.17, 15) is 8.42 Å². The molecule has 0 bridgehead atoms. The van der Waals surface area contributed by atoms with Gasteiger partial charge in [0.15, 0.2) is 9.84 Å². The molecule has 0 aliphatic rings. The third-order valence-electron chi connectivity index (χ3n) is 4.40. The third-order valence-corrected chi connectivity index (χ3v) is 5.53. The van der Waals surface area contributed by atoms with E-state index >= 15 is 0 Å². The molecule has 0 saturated heterocycles. The van der Waals surface area contributed by atoms with Gasteiger partial charge in [0.1, 0.15) is 5.75 Å². The van der Waals surface area contributed by atoms with Gasteiger partial charge in [0.05, 0.1) is 22.9 Å². The van der Waals surface area contributed by atoms with Gasteiger partial charge in [-0.1, -0.05) is 12.1 Å². The number of benzene rings is 2. The van der Waals surface area contributed by atoms with Crippen LogP contribution in [-0.2, 0) is 9.84 Å². The van der Waals surface area contributed by atoms with Crippen molar-refractivity contribution >= 4 is 15.6 Å². The average Bonchev–Trinajstić information content (AvgIpc) is 3.08. The number of nitrogens with zero attached hydrogens (tertiary/aromatic N) is 3. The Bertz CT molecular complexity index is 1230. The van der Waals surface area contributed by atoms with Crippen molar-refractivity contribution in [1.82, 2.24) is 14.4 Å². The first-order valence-electron chi connectivity index (χ1n) is 8.84. The average molecular weight is 393 g/mol. The van der Waals surface area contributed by atoms with Crippen LogP contribution < -0.4 is 4.74 Å². The number of rotatable bonds is 5. The summed E-state index contributed by atoms with van der Waals surface area (Å²) in [5.41, 5.74) is 3.41. The maximum atomic E-state index is 11.8. The standard InChI is InChI=1S/C21H19N3O3S/c1-3-27-17-9-5-15(6-10-17)19-20(24-14-4-13-22-21(24)23-19)16-7-11-18(12-8-16)28(2,25)26/h4-14H,3H2,1-2H3. The summed E-state index contributed by atoms with van der Waals surface area (Å²) in [4.78, 5) is 9.33. The molecule has 142 valence electrons. The minimum Gasteiger partial charge on any atom is -0.494 e. The summed E-state index contributed by atoms with van der Waals surface area (Å²) in [5, 5.41) is 0. The fourth-order valence-corrected chi connectivity index (χ4v) is 3.73. The molecule has 0 atom stereocenters. The van der Waals surface area contributed by atoms with Gasteiger partial charge < -0.3 is 4.74 Å². The Balaban J connectivity index is 1.88. The number of fused-ring (bicyclic) bond motifs is 1. The highest BCUT2D eigenvalue weighted by atomic mass is 32.2. The van der Waals surface area contributed by atoms with Crippen molar-refractivity contribution < 1.29 is 13.2 Å². The van der Waals surface area contributed by atoms with Crippen LogP contribution in [0.5, 0.6) is 5.75 Å². The molecule has 0 unspecified atom stereocenters. The van der Waals surface area contributed by atoms with E-state index < -0.39 is 9.84 Å². The van der Waals surface area contributed by atoms with E-state index in [4.69, 9.17) is 9.72 Å². The van der Waals surface area contributed by atoms with Gasteiger partial charge in [-0.2, -0.15) is 0 Å². The van der Waals surface area contributed by atoms with Gasteiger partial charge in [0.25, 0.3) is 0 Å². The van der Waals surface area contributed by atoms with Crippen molar-refractivity contribution in [2.24, 2.45) is 0 Å². The first-order valence-corrected chi connectivity index (χ1v) is 10.7. The van der Waals surface area contributed by atoms with Crippen molar-refractivity contribution in [3.05, 3.63) is 67.0 Å². The Morgan fingerprint density at radius 2 is 1.68 bits per heavy atom. The Hall–Kier alpha value is -3.19. The molecule has 4 rings (SSSR count).